The van der Waals surface area contributed by atoms with Crippen molar-refractivity contribution in [2.75, 3.05) is 0 Å². The van der Waals surface area contributed by atoms with Gasteiger partial charge < -0.3 is 4.18 Å². The summed E-state index contributed by atoms with van der Waals surface area (Å²) in [5.41, 5.74) is 0. The van der Waals surface area contributed by atoms with Gasteiger partial charge in [-0.15, -0.1) is 0 Å². The third-order valence-electron chi connectivity index (χ3n) is 1.96. The number of hydrogen-bond donors (Lipinski definition) is 1. The van der Waals surface area contributed by atoms with E-state index in [0.717, 1.165) is 10.8 Å². The van der Waals surface area contributed by atoms with Crippen LogP contribution in [0.3, 0.4) is 0 Å². The Bertz CT molecular complexity index is 570. The van der Waals surface area contributed by atoms with Crippen molar-refractivity contribution < 1.29 is 12.6 Å². The summed E-state index contributed by atoms with van der Waals surface area (Å²) in [5, 5.41) is 2.01. The third kappa shape index (κ3) is 2.22. The number of halogens is 1. The van der Waals surface area contributed by atoms with Crippen molar-refractivity contribution in [3.05, 3.63) is 41.4 Å². The Hall–Kier alpha value is -1.26. The summed E-state index contributed by atoms with van der Waals surface area (Å²) in [4.78, 5) is 0. The zero-order valence-corrected chi connectivity index (χ0v) is 9.16. The second-order valence-corrected chi connectivity index (χ2v) is 4.01. The largest absolute Gasteiger partial charge is 0.384 e. The average molecular weight is 243 g/mol. The van der Waals surface area contributed by atoms with Crippen molar-refractivity contribution in [1.82, 2.24) is 0 Å². The maximum absolute atomic E-state index is 10.5. The minimum absolute atomic E-state index is 0.259. The first kappa shape index (κ1) is 10.3. The van der Waals surface area contributed by atoms with E-state index < -0.39 is 11.0 Å². The lowest BCUT2D eigenvalue weighted by Gasteiger charge is -2.04. The molecular weight excluding hydrogens is 236 g/mol. The minimum atomic E-state index is -2.92. The molecule has 0 saturated heterocycles. The van der Waals surface area contributed by atoms with Gasteiger partial charge in [0.2, 0.25) is 0 Å². The van der Waals surface area contributed by atoms with E-state index >= 15 is 0 Å². The Morgan fingerprint density at radius 3 is 2.60 bits per heavy atom. The molecule has 2 aromatic carbocycles. The maximum Gasteiger partial charge on any atom is 0.299 e. The van der Waals surface area contributed by atoms with Crippen LogP contribution >= 0.6 is 11.6 Å². The van der Waals surface area contributed by atoms with Crippen LogP contribution in [-0.2, 0) is 11.0 Å². The highest BCUT2D eigenvalue weighted by atomic mass is 35.5. The third-order valence-corrected chi connectivity index (χ3v) is 2.53. The van der Waals surface area contributed by atoms with Gasteiger partial charge in [-0.25, -0.2) is 0 Å². The van der Waals surface area contributed by atoms with E-state index in [1.165, 1.54) is 6.07 Å². The van der Waals surface area contributed by atoms with Gasteiger partial charge >= 0.3 is 0 Å². The Labute approximate surface area is 93.4 Å². The van der Waals surface area contributed by atoms with Gasteiger partial charge in [0, 0.05) is 16.5 Å². The van der Waals surface area contributed by atoms with Crippen molar-refractivity contribution in [3.8, 4) is 5.75 Å². The monoisotopic (exact) mass is 242 g/mol. The smallest absolute Gasteiger partial charge is 0.299 e. The van der Waals surface area contributed by atoms with Gasteiger partial charge in [-0.2, -0.15) is 8.42 Å². The van der Waals surface area contributed by atoms with Crippen LogP contribution in [0.4, 0.5) is 0 Å². The fourth-order valence-corrected chi connectivity index (χ4v) is 1.92. The molecule has 0 aliphatic heterocycles. The molecule has 0 unspecified atom stereocenters. The molecule has 5 heteroatoms. The van der Waals surface area contributed by atoms with Crippen LogP contribution in [0.5, 0.6) is 5.75 Å². The lowest BCUT2D eigenvalue weighted by Crippen LogP contribution is -1.91. The molecule has 0 N–H and O–H groups in total. The molecule has 0 fully saturated rings. The molecule has 0 saturated carbocycles. The molecule has 0 amide bonds. The average Bonchev–Trinajstić information content (AvgIpc) is 2.16. The molecule has 0 heterocycles. The Morgan fingerprint density at radius 2 is 1.87 bits per heavy atom. The van der Waals surface area contributed by atoms with Gasteiger partial charge in [-0.3, -0.25) is 0 Å². The van der Waals surface area contributed by atoms with Gasteiger partial charge in [0.05, 0.1) is 0 Å². The zero-order chi connectivity index (χ0) is 10.8. The van der Waals surface area contributed by atoms with Crippen molar-refractivity contribution >= 4 is 33.4 Å². The second kappa shape index (κ2) is 4.08. The number of benzene rings is 2. The Morgan fingerprint density at radius 1 is 1.13 bits per heavy atom. The zero-order valence-electron chi connectivity index (χ0n) is 7.51. The van der Waals surface area contributed by atoms with Crippen molar-refractivity contribution in [2.45, 2.75) is 0 Å². The molecule has 0 aliphatic carbocycles. The molecule has 2 aromatic rings. The standard InChI is InChI=1S/C10H7ClO3S/c11-8-5-7-3-1-2-4-9(7)10(6-8)14-15(12)13/h1-6,15H. The highest BCUT2D eigenvalue weighted by molar-refractivity contribution is 7.67. The van der Waals surface area contributed by atoms with Crippen molar-refractivity contribution in [1.29, 1.82) is 0 Å². The van der Waals surface area contributed by atoms with Gasteiger partial charge in [0.15, 0.2) is 5.75 Å². The predicted octanol–water partition coefficient (Wildman–Crippen LogP) is 2.40. The molecule has 0 spiro atoms. The van der Waals surface area contributed by atoms with E-state index in [0.29, 0.717) is 5.02 Å². The van der Waals surface area contributed by atoms with Gasteiger partial charge in [-0.1, -0.05) is 35.9 Å². The molecule has 15 heavy (non-hydrogen) atoms. The molecule has 0 atom stereocenters. The quantitative estimate of drug-likeness (QED) is 0.823. The number of thiol groups is 1. The van der Waals surface area contributed by atoms with E-state index in [4.69, 9.17) is 11.6 Å². The summed E-state index contributed by atoms with van der Waals surface area (Å²) in [6.45, 7) is 0. The summed E-state index contributed by atoms with van der Waals surface area (Å²) >= 11 is 5.83. The SMILES string of the molecule is O=[SH](=O)Oc1cc(Cl)cc2ccccc12. The maximum atomic E-state index is 10.5. The summed E-state index contributed by atoms with van der Waals surface area (Å²) in [6, 6.07) is 10.5. The van der Waals surface area contributed by atoms with Crippen LogP contribution in [0.25, 0.3) is 10.8 Å². The highest BCUT2D eigenvalue weighted by Gasteiger charge is 2.04. The normalized spacial score (nSPS) is 10.8. The lowest BCUT2D eigenvalue weighted by atomic mass is 10.1. The number of rotatable bonds is 2. The molecule has 0 aliphatic rings. The second-order valence-electron chi connectivity index (χ2n) is 2.94. The fraction of sp³-hybridized carbons (Fsp3) is 0. The summed E-state index contributed by atoms with van der Waals surface area (Å²) < 4.78 is 25.7. The topological polar surface area (TPSA) is 43.4 Å². The Kier molecular flexibility index (Phi) is 2.79. The van der Waals surface area contributed by atoms with Crippen LogP contribution in [-0.4, -0.2) is 8.42 Å². The molecule has 0 radical (unpaired) electrons. The van der Waals surface area contributed by atoms with E-state index in [-0.39, 0.29) is 5.75 Å². The van der Waals surface area contributed by atoms with Gasteiger partial charge in [-0.05, 0) is 11.5 Å². The lowest BCUT2D eigenvalue weighted by molar-refractivity contribution is 0.513. The van der Waals surface area contributed by atoms with Crippen LogP contribution in [0.15, 0.2) is 36.4 Å². The fourth-order valence-electron chi connectivity index (χ4n) is 1.40. The van der Waals surface area contributed by atoms with E-state index in [9.17, 15) is 8.42 Å². The van der Waals surface area contributed by atoms with Crippen LogP contribution in [0, 0.1) is 0 Å². The summed E-state index contributed by atoms with van der Waals surface area (Å²) in [5.74, 6) is 0.259. The molecule has 2 rings (SSSR count). The van der Waals surface area contributed by atoms with Crippen molar-refractivity contribution in [2.24, 2.45) is 0 Å². The van der Waals surface area contributed by atoms with E-state index in [1.807, 2.05) is 12.1 Å². The summed E-state index contributed by atoms with van der Waals surface area (Å²) in [7, 11) is -2.92. The van der Waals surface area contributed by atoms with E-state index in [2.05, 4.69) is 4.18 Å². The van der Waals surface area contributed by atoms with Gasteiger partial charge in [0.25, 0.3) is 11.0 Å². The first-order valence-corrected chi connectivity index (χ1v) is 5.65. The molecule has 0 aromatic heterocycles. The number of fused-ring (bicyclic) bond motifs is 1. The predicted molar refractivity (Wildman–Crippen MR) is 59.9 cm³/mol. The van der Waals surface area contributed by atoms with Crippen LogP contribution in [0.1, 0.15) is 0 Å². The summed E-state index contributed by atoms with van der Waals surface area (Å²) in [6.07, 6.45) is 0. The molecule has 0 bridgehead atoms. The van der Waals surface area contributed by atoms with E-state index in [1.54, 1.807) is 18.2 Å². The first-order valence-electron chi connectivity index (χ1n) is 4.17. The molecule has 78 valence electrons. The van der Waals surface area contributed by atoms with Crippen LogP contribution in [0.2, 0.25) is 5.02 Å². The van der Waals surface area contributed by atoms with Crippen molar-refractivity contribution in [3.63, 3.8) is 0 Å². The minimum Gasteiger partial charge on any atom is -0.384 e. The first-order chi connectivity index (χ1) is 7.16. The highest BCUT2D eigenvalue weighted by Crippen LogP contribution is 2.29. The Balaban J connectivity index is 2.70. The number of hydrogen-bond acceptors (Lipinski definition) is 3. The molecular formula is C10H7ClO3S. The van der Waals surface area contributed by atoms with Gasteiger partial charge in [0.1, 0.15) is 0 Å². The molecule has 3 nitrogen and oxygen atoms in total. The van der Waals surface area contributed by atoms with Crippen LogP contribution < -0.4 is 4.18 Å².